The predicted octanol–water partition coefficient (Wildman–Crippen LogP) is 5.95. The Morgan fingerprint density at radius 3 is 2.19 bits per heavy atom. The first kappa shape index (κ1) is 35.4. The number of benzene rings is 2. The molecule has 0 unspecified atom stereocenters. The number of nitrogens with one attached hydrogen (secondary N) is 2. The number of piperidine rings is 1. The molecule has 0 bridgehead atoms. The zero-order valence-electron chi connectivity index (χ0n) is 27.1. The molecule has 1 aliphatic heterocycles. The predicted molar refractivity (Wildman–Crippen MR) is 195 cm³/mol. The number of aromatic nitrogens is 4. The van der Waals surface area contributed by atoms with Gasteiger partial charge in [-0.3, -0.25) is 0 Å². The second-order valence-corrected chi connectivity index (χ2v) is 15.2. The van der Waals surface area contributed by atoms with E-state index in [9.17, 15) is 8.42 Å². The van der Waals surface area contributed by atoms with Crippen molar-refractivity contribution in [2.75, 3.05) is 42.7 Å². The Balaban J connectivity index is 0.00000217. The SMILES string of the molecule is CN(C)c1cccc2c(S(=O)(=O)N3CCC(Nc4nc(N[C@H]5CC[C@H](N)CC5)nc5c4ncn5C4CCCC4)CC3)cccc12.Cl.Cl. The molecule has 256 valence electrons. The average molecular weight is 705 g/mol. The number of imidazole rings is 1. The van der Waals surface area contributed by atoms with Crippen molar-refractivity contribution < 1.29 is 8.42 Å². The number of anilines is 3. The van der Waals surface area contributed by atoms with Crippen LogP contribution in [0.1, 0.15) is 70.3 Å². The number of nitrogens with two attached hydrogens (primary N) is 1. The fourth-order valence-electron chi connectivity index (χ4n) is 7.43. The van der Waals surface area contributed by atoms with Crippen LogP contribution in [0.4, 0.5) is 17.5 Å². The van der Waals surface area contributed by atoms with Crippen molar-refractivity contribution in [1.82, 2.24) is 23.8 Å². The maximum atomic E-state index is 13.9. The van der Waals surface area contributed by atoms with E-state index in [4.69, 9.17) is 20.7 Å². The van der Waals surface area contributed by atoms with E-state index in [-0.39, 0.29) is 36.9 Å². The van der Waals surface area contributed by atoms with Crippen LogP contribution in [-0.2, 0) is 10.0 Å². The highest BCUT2D eigenvalue weighted by Crippen LogP contribution is 2.35. The van der Waals surface area contributed by atoms with Crippen LogP contribution < -0.4 is 21.3 Å². The van der Waals surface area contributed by atoms with Gasteiger partial charge in [-0.15, -0.1) is 24.8 Å². The van der Waals surface area contributed by atoms with Crippen molar-refractivity contribution in [2.45, 2.75) is 93.3 Å². The van der Waals surface area contributed by atoms with E-state index in [1.165, 1.54) is 12.8 Å². The third-order valence-electron chi connectivity index (χ3n) is 10.00. The van der Waals surface area contributed by atoms with Crippen molar-refractivity contribution in [3.8, 4) is 0 Å². The number of halogens is 2. The monoisotopic (exact) mass is 703 g/mol. The molecule has 4 aromatic rings. The Labute approximate surface area is 290 Å². The molecule has 3 heterocycles. The van der Waals surface area contributed by atoms with E-state index in [0.717, 1.165) is 72.0 Å². The normalized spacial score (nSPS) is 21.3. The van der Waals surface area contributed by atoms with E-state index in [1.54, 1.807) is 10.4 Å². The first-order chi connectivity index (χ1) is 21.8. The minimum absolute atomic E-state index is 0. The summed E-state index contributed by atoms with van der Waals surface area (Å²) in [6, 6.07) is 12.5. The van der Waals surface area contributed by atoms with Gasteiger partial charge in [-0.05, 0) is 63.5 Å². The van der Waals surface area contributed by atoms with Crippen LogP contribution in [0.15, 0.2) is 47.6 Å². The molecule has 0 spiro atoms. The molecule has 4 N–H and O–H groups in total. The van der Waals surface area contributed by atoms with Crippen molar-refractivity contribution in [1.29, 1.82) is 0 Å². The van der Waals surface area contributed by atoms with Gasteiger partial charge in [0.25, 0.3) is 0 Å². The van der Waals surface area contributed by atoms with Gasteiger partial charge in [0.2, 0.25) is 16.0 Å². The second kappa shape index (κ2) is 14.7. The molecule has 2 saturated carbocycles. The minimum Gasteiger partial charge on any atom is -0.377 e. The molecular formula is C33H47Cl2N9O2S. The number of hydrogen-bond donors (Lipinski definition) is 3. The van der Waals surface area contributed by atoms with E-state index >= 15 is 0 Å². The molecule has 2 aliphatic carbocycles. The Morgan fingerprint density at radius 1 is 0.830 bits per heavy atom. The Hall–Kier alpha value is -2.90. The molecule has 0 amide bonds. The summed E-state index contributed by atoms with van der Waals surface area (Å²) in [6.45, 7) is 0.865. The van der Waals surface area contributed by atoms with Gasteiger partial charge in [-0.1, -0.05) is 37.1 Å². The van der Waals surface area contributed by atoms with Crippen molar-refractivity contribution in [3.05, 3.63) is 42.7 Å². The summed E-state index contributed by atoms with van der Waals surface area (Å²) in [7, 11) is 0.282. The van der Waals surface area contributed by atoms with Gasteiger partial charge in [0.05, 0.1) is 11.2 Å². The summed E-state index contributed by atoms with van der Waals surface area (Å²) in [5.74, 6) is 1.34. The Kier molecular flexibility index (Phi) is 11.1. The largest absolute Gasteiger partial charge is 0.377 e. The van der Waals surface area contributed by atoms with Gasteiger partial charge in [0.15, 0.2) is 17.0 Å². The van der Waals surface area contributed by atoms with Crippen LogP contribution in [0.3, 0.4) is 0 Å². The molecule has 14 heteroatoms. The van der Waals surface area contributed by atoms with Gasteiger partial charge < -0.3 is 25.8 Å². The lowest BCUT2D eigenvalue weighted by molar-refractivity contribution is 0.330. The zero-order chi connectivity index (χ0) is 31.1. The van der Waals surface area contributed by atoms with Gasteiger partial charge >= 0.3 is 0 Å². The van der Waals surface area contributed by atoms with E-state index < -0.39 is 10.0 Å². The molecule has 0 atom stereocenters. The lowest BCUT2D eigenvalue weighted by Crippen LogP contribution is -2.42. The highest BCUT2D eigenvalue weighted by atomic mass is 35.5. The van der Waals surface area contributed by atoms with Crippen molar-refractivity contribution in [2.24, 2.45) is 5.73 Å². The van der Waals surface area contributed by atoms with Gasteiger partial charge in [0.1, 0.15) is 0 Å². The molecule has 2 aromatic heterocycles. The smallest absolute Gasteiger partial charge is 0.243 e. The van der Waals surface area contributed by atoms with Gasteiger partial charge in [-0.25, -0.2) is 13.4 Å². The number of hydrogen-bond acceptors (Lipinski definition) is 9. The summed E-state index contributed by atoms with van der Waals surface area (Å²) in [5.41, 5.74) is 8.80. The Bertz CT molecular complexity index is 1780. The number of sulfonamides is 1. The van der Waals surface area contributed by atoms with Crippen LogP contribution >= 0.6 is 24.8 Å². The summed E-state index contributed by atoms with van der Waals surface area (Å²) in [6.07, 6.45) is 12.0. The first-order valence-corrected chi connectivity index (χ1v) is 17.9. The molecule has 7 rings (SSSR count). The summed E-state index contributed by atoms with van der Waals surface area (Å²) in [4.78, 5) is 17.1. The topological polar surface area (TPSA) is 134 Å². The Morgan fingerprint density at radius 2 is 1.49 bits per heavy atom. The molecule has 2 aromatic carbocycles. The first-order valence-electron chi connectivity index (χ1n) is 16.5. The van der Waals surface area contributed by atoms with E-state index in [2.05, 4.69) is 15.2 Å². The van der Waals surface area contributed by atoms with Gasteiger partial charge in [-0.2, -0.15) is 14.3 Å². The number of fused-ring (bicyclic) bond motifs is 2. The molecule has 3 aliphatic rings. The lowest BCUT2D eigenvalue weighted by atomic mass is 9.92. The molecule has 0 radical (unpaired) electrons. The van der Waals surface area contributed by atoms with Crippen LogP contribution in [0, 0.1) is 0 Å². The van der Waals surface area contributed by atoms with Crippen molar-refractivity contribution >= 4 is 74.2 Å². The van der Waals surface area contributed by atoms with Crippen LogP contribution in [0.2, 0.25) is 0 Å². The van der Waals surface area contributed by atoms with E-state index in [1.807, 2.05) is 55.7 Å². The fourth-order valence-corrected chi connectivity index (χ4v) is 9.11. The maximum absolute atomic E-state index is 13.9. The fraction of sp³-hybridized carbons (Fsp3) is 0.545. The molecule has 1 saturated heterocycles. The highest BCUT2D eigenvalue weighted by Gasteiger charge is 2.32. The molecule has 11 nitrogen and oxygen atoms in total. The van der Waals surface area contributed by atoms with E-state index in [0.29, 0.717) is 48.9 Å². The number of rotatable bonds is 8. The number of nitrogens with zero attached hydrogens (tertiary/aromatic N) is 6. The average Bonchev–Trinajstić information content (AvgIpc) is 3.72. The maximum Gasteiger partial charge on any atom is 0.243 e. The zero-order valence-corrected chi connectivity index (χ0v) is 29.6. The summed E-state index contributed by atoms with van der Waals surface area (Å²) < 4.78 is 31.8. The van der Waals surface area contributed by atoms with Crippen molar-refractivity contribution in [3.63, 3.8) is 0 Å². The van der Waals surface area contributed by atoms with Crippen LogP contribution in [0.25, 0.3) is 21.9 Å². The van der Waals surface area contributed by atoms with Gasteiger partial charge in [0, 0.05) is 67.8 Å². The minimum atomic E-state index is -3.67. The highest BCUT2D eigenvalue weighted by molar-refractivity contribution is 7.89. The second-order valence-electron chi connectivity index (χ2n) is 13.3. The standard InChI is InChI=1S/C33H45N9O2S.2ClH/c1-40(2)28-11-5-10-27-26(28)9-6-12-29(27)45(43,44)41-19-17-24(18-20-41)36-31-30-32(42(21-35-30)25-7-3-4-8-25)39-33(38-31)37-23-15-13-22(34)14-16-23;;/h5-6,9-12,21-25H,3-4,7-8,13-20,34H2,1-2H3,(H2,36,37,38,39);2*1H/t22-,23-;;. The molecular weight excluding hydrogens is 657 g/mol. The van der Waals surface area contributed by atoms with Crippen LogP contribution in [-0.4, -0.2) is 77.6 Å². The molecule has 47 heavy (non-hydrogen) atoms. The summed E-state index contributed by atoms with van der Waals surface area (Å²) >= 11 is 0. The molecule has 3 fully saturated rings. The third kappa shape index (κ3) is 7.12. The third-order valence-corrected chi connectivity index (χ3v) is 12.0. The summed E-state index contributed by atoms with van der Waals surface area (Å²) in [5, 5.41) is 8.95. The lowest BCUT2D eigenvalue weighted by Gasteiger charge is -2.32. The quantitative estimate of drug-likeness (QED) is 0.204. The van der Waals surface area contributed by atoms with Crippen LogP contribution in [0.5, 0.6) is 0 Å².